The van der Waals surface area contributed by atoms with Crippen LogP contribution in [0.25, 0.3) is 0 Å². The zero-order valence-electron chi connectivity index (χ0n) is 12.0. The molecule has 7 heteroatoms. The van der Waals surface area contributed by atoms with Crippen molar-refractivity contribution in [1.29, 1.82) is 0 Å². The molecule has 2 saturated heterocycles. The van der Waals surface area contributed by atoms with Crippen molar-refractivity contribution in [2.24, 2.45) is 0 Å². The molecule has 0 aliphatic carbocycles. The molecule has 2 amide bonds. The van der Waals surface area contributed by atoms with E-state index in [2.05, 4.69) is 0 Å². The van der Waals surface area contributed by atoms with E-state index in [1.54, 1.807) is 20.8 Å². The number of carbonyl (C=O) groups excluding carboxylic acids is 3. The highest BCUT2D eigenvalue weighted by Crippen LogP contribution is 2.25. The van der Waals surface area contributed by atoms with E-state index >= 15 is 0 Å². The fourth-order valence-corrected chi connectivity index (χ4v) is 2.43. The Balaban J connectivity index is 2.17. The summed E-state index contributed by atoms with van der Waals surface area (Å²) in [4.78, 5) is 38.4. The first-order valence-corrected chi connectivity index (χ1v) is 6.60. The lowest BCUT2D eigenvalue weighted by molar-refractivity contribution is -0.164. The maximum atomic E-state index is 12.1. The van der Waals surface area contributed by atoms with Crippen molar-refractivity contribution in [2.75, 3.05) is 32.8 Å². The molecule has 0 spiro atoms. The SMILES string of the molecule is CC(C)(C)OC(=O)N1CC(=O)N2CCOCC2(C=O)C1. The minimum Gasteiger partial charge on any atom is -0.444 e. The van der Waals surface area contributed by atoms with Gasteiger partial charge in [0.2, 0.25) is 5.91 Å². The van der Waals surface area contributed by atoms with Crippen LogP contribution in [-0.2, 0) is 19.1 Å². The van der Waals surface area contributed by atoms with Crippen molar-refractivity contribution in [3.8, 4) is 0 Å². The van der Waals surface area contributed by atoms with Crippen LogP contribution >= 0.6 is 0 Å². The summed E-state index contributed by atoms with van der Waals surface area (Å²) in [6, 6.07) is 0. The van der Waals surface area contributed by atoms with Gasteiger partial charge in [0.05, 0.1) is 19.8 Å². The molecule has 112 valence electrons. The van der Waals surface area contributed by atoms with Gasteiger partial charge in [0.25, 0.3) is 0 Å². The second-order valence-corrected chi connectivity index (χ2v) is 6.16. The van der Waals surface area contributed by atoms with E-state index < -0.39 is 17.2 Å². The van der Waals surface area contributed by atoms with Crippen LogP contribution in [0.5, 0.6) is 0 Å². The lowest BCUT2D eigenvalue weighted by atomic mass is 9.95. The number of piperazine rings is 1. The van der Waals surface area contributed by atoms with Gasteiger partial charge in [-0.05, 0) is 20.8 Å². The molecular weight excluding hydrogens is 264 g/mol. The third-order valence-electron chi connectivity index (χ3n) is 3.31. The van der Waals surface area contributed by atoms with Crippen LogP contribution in [-0.4, -0.2) is 72.1 Å². The predicted octanol–water partition coefficient (Wildman–Crippen LogP) is 0.0336. The summed E-state index contributed by atoms with van der Waals surface area (Å²) in [5.74, 6) is -0.252. The summed E-state index contributed by atoms with van der Waals surface area (Å²) in [5.41, 5.74) is -1.72. The summed E-state index contributed by atoms with van der Waals surface area (Å²) in [7, 11) is 0. The van der Waals surface area contributed by atoms with Crippen LogP contribution in [0.1, 0.15) is 20.8 Å². The third kappa shape index (κ3) is 2.77. The number of fused-ring (bicyclic) bond motifs is 1. The highest BCUT2D eigenvalue weighted by molar-refractivity contribution is 5.89. The number of nitrogens with zero attached hydrogens (tertiary/aromatic N) is 2. The molecule has 0 aromatic heterocycles. The normalized spacial score (nSPS) is 27.1. The molecular formula is C13H20N2O5. The molecule has 0 aromatic carbocycles. The van der Waals surface area contributed by atoms with Gasteiger partial charge in [0, 0.05) is 6.54 Å². The number of aldehydes is 1. The first-order valence-electron chi connectivity index (χ1n) is 6.60. The van der Waals surface area contributed by atoms with Gasteiger partial charge in [-0.15, -0.1) is 0 Å². The van der Waals surface area contributed by atoms with Crippen molar-refractivity contribution in [1.82, 2.24) is 9.80 Å². The highest BCUT2D eigenvalue weighted by Gasteiger charge is 2.49. The maximum Gasteiger partial charge on any atom is 0.410 e. The Labute approximate surface area is 117 Å². The van der Waals surface area contributed by atoms with Gasteiger partial charge in [0.15, 0.2) is 0 Å². The van der Waals surface area contributed by atoms with Crippen molar-refractivity contribution in [2.45, 2.75) is 31.9 Å². The Bertz CT molecular complexity index is 431. The largest absolute Gasteiger partial charge is 0.444 e. The number of morpholine rings is 1. The van der Waals surface area contributed by atoms with Gasteiger partial charge in [0.1, 0.15) is 24.0 Å². The highest BCUT2D eigenvalue weighted by atomic mass is 16.6. The van der Waals surface area contributed by atoms with E-state index in [4.69, 9.17) is 9.47 Å². The molecule has 2 fully saturated rings. The number of hydrogen-bond donors (Lipinski definition) is 0. The van der Waals surface area contributed by atoms with Crippen LogP contribution in [0, 0.1) is 0 Å². The smallest absolute Gasteiger partial charge is 0.410 e. The molecule has 20 heavy (non-hydrogen) atoms. The third-order valence-corrected chi connectivity index (χ3v) is 3.31. The molecule has 1 unspecified atom stereocenters. The van der Waals surface area contributed by atoms with E-state index in [0.29, 0.717) is 19.4 Å². The second-order valence-electron chi connectivity index (χ2n) is 6.16. The maximum absolute atomic E-state index is 12.1. The summed E-state index contributed by atoms with van der Waals surface area (Å²) < 4.78 is 10.6. The average Bonchev–Trinajstić information content (AvgIpc) is 2.36. The summed E-state index contributed by atoms with van der Waals surface area (Å²) in [5, 5.41) is 0. The monoisotopic (exact) mass is 284 g/mol. The topological polar surface area (TPSA) is 76.2 Å². The van der Waals surface area contributed by atoms with Gasteiger partial charge in [-0.25, -0.2) is 4.79 Å². The summed E-state index contributed by atoms with van der Waals surface area (Å²) in [6.45, 7) is 6.20. The number of carbonyl (C=O) groups is 3. The Morgan fingerprint density at radius 3 is 2.75 bits per heavy atom. The number of amides is 2. The van der Waals surface area contributed by atoms with Gasteiger partial charge >= 0.3 is 6.09 Å². The number of hydrogen-bond acceptors (Lipinski definition) is 5. The zero-order valence-corrected chi connectivity index (χ0v) is 12.0. The van der Waals surface area contributed by atoms with Gasteiger partial charge in [-0.3, -0.25) is 9.69 Å². The Morgan fingerprint density at radius 2 is 2.15 bits per heavy atom. The molecule has 0 saturated carbocycles. The molecule has 0 aromatic rings. The van der Waals surface area contributed by atoms with Crippen molar-refractivity contribution in [3.05, 3.63) is 0 Å². The van der Waals surface area contributed by atoms with Crippen molar-refractivity contribution < 1.29 is 23.9 Å². The zero-order chi connectivity index (χ0) is 15.0. The fourth-order valence-electron chi connectivity index (χ4n) is 2.43. The van der Waals surface area contributed by atoms with Crippen molar-refractivity contribution >= 4 is 18.3 Å². The summed E-state index contributed by atoms with van der Waals surface area (Å²) >= 11 is 0. The quantitative estimate of drug-likeness (QED) is 0.635. The van der Waals surface area contributed by atoms with E-state index in [1.165, 1.54) is 9.80 Å². The molecule has 1 atom stereocenters. The molecule has 7 nitrogen and oxygen atoms in total. The van der Waals surface area contributed by atoms with Crippen LogP contribution in [0.2, 0.25) is 0 Å². The fraction of sp³-hybridized carbons (Fsp3) is 0.769. The number of rotatable bonds is 1. The Kier molecular flexibility index (Phi) is 3.73. The van der Waals surface area contributed by atoms with Crippen LogP contribution in [0.3, 0.4) is 0 Å². The lowest BCUT2D eigenvalue weighted by Crippen LogP contribution is -2.71. The van der Waals surface area contributed by atoms with E-state index in [9.17, 15) is 14.4 Å². The van der Waals surface area contributed by atoms with Crippen molar-refractivity contribution in [3.63, 3.8) is 0 Å². The van der Waals surface area contributed by atoms with Gasteiger partial charge in [-0.2, -0.15) is 0 Å². The predicted molar refractivity (Wildman–Crippen MR) is 69.1 cm³/mol. The minimum absolute atomic E-state index is 0.0650. The van der Waals surface area contributed by atoms with E-state index in [0.717, 1.165) is 0 Å². The molecule has 0 N–H and O–H groups in total. The Morgan fingerprint density at radius 1 is 1.45 bits per heavy atom. The lowest BCUT2D eigenvalue weighted by Gasteiger charge is -2.49. The minimum atomic E-state index is -1.08. The van der Waals surface area contributed by atoms with E-state index in [-0.39, 0.29) is 25.6 Å². The molecule has 0 radical (unpaired) electrons. The standard InChI is InChI=1S/C13H20N2O5/c1-12(2,3)20-11(18)14-6-10(17)15-4-5-19-9-13(15,7-14)8-16/h8H,4-7,9H2,1-3H3. The van der Waals surface area contributed by atoms with E-state index in [1.807, 2.05) is 0 Å². The number of ether oxygens (including phenoxy) is 2. The molecule has 2 heterocycles. The first kappa shape index (κ1) is 14.8. The molecule has 2 rings (SSSR count). The Hall–Kier alpha value is -1.63. The molecule has 0 bridgehead atoms. The van der Waals surface area contributed by atoms with Gasteiger partial charge < -0.3 is 19.2 Å². The van der Waals surface area contributed by atoms with Crippen LogP contribution in [0.15, 0.2) is 0 Å². The second kappa shape index (κ2) is 5.05. The first-order chi connectivity index (χ1) is 9.27. The van der Waals surface area contributed by atoms with Gasteiger partial charge in [-0.1, -0.05) is 0 Å². The summed E-state index contributed by atoms with van der Waals surface area (Å²) in [6.07, 6.45) is 0.109. The molecule has 2 aliphatic heterocycles. The van der Waals surface area contributed by atoms with Crippen LogP contribution < -0.4 is 0 Å². The molecule has 2 aliphatic rings. The average molecular weight is 284 g/mol. The van der Waals surface area contributed by atoms with Crippen LogP contribution in [0.4, 0.5) is 4.79 Å².